The van der Waals surface area contributed by atoms with E-state index in [1.165, 1.54) is 0 Å². The van der Waals surface area contributed by atoms with E-state index in [0.717, 1.165) is 54.1 Å². The lowest BCUT2D eigenvalue weighted by molar-refractivity contribution is 0.0802. The average molecular weight is 531 g/mol. The zero-order valence-electron chi connectivity index (χ0n) is 22.9. The largest absolute Gasteiger partial charge is 0.394 e. The Balaban J connectivity index is 1.46. The Kier molecular flexibility index (Phi) is 9.35. The number of benzene rings is 3. The maximum Gasteiger partial charge on any atom is 0.252 e. The number of likely N-dealkylation sites (N-methyl/N-ethyl adjacent to an activating group) is 1. The first-order chi connectivity index (χ1) is 18.7. The minimum atomic E-state index is -0.997. The van der Waals surface area contributed by atoms with Crippen molar-refractivity contribution < 1.29 is 19.8 Å². The first-order valence-corrected chi connectivity index (χ1v) is 13.4. The fourth-order valence-corrected chi connectivity index (χ4v) is 4.68. The molecule has 3 aromatic rings. The summed E-state index contributed by atoms with van der Waals surface area (Å²) in [5.74, 6) is -0.430. The van der Waals surface area contributed by atoms with Gasteiger partial charge >= 0.3 is 0 Å². The summed E-state index contributed by atoms with van der Waals surface area (Å²) < 4.78 is 0. The van der Waals surface area contributed by atoms with Crippen LogP contribution in [0.25, 0.3) is 11.1 Å². The van der Waals surface area contributed by atoms with Gasteiger partial charge in [0, 0.05) is 49.5 Å². The molecule has 0 saturated carbocycles. The first-order valence-electron chi connectivity index (χ1n) is 13.4. The topological polar surface area (TPSA) is 105 Å². The molecule has 2 amide bonds. The lowest BCUT2D eigenvalue weighted by Crippen LogP contribution is -2.44. The molecule has 0 bridgehead atoms. The van der Waals surface area contributed by atoms with Crippen LogP contribution in [0.2, 0.25) is 0 Å². The Morgan fingerprint density at radius 3 is 2.33 bits per heavy atom. The van der Waals surface area contributed by atoms with Crippen LogP contribution in [0.4, 0.5) is 5.69 Å². The second kappa shape index (κ2) is 12.9. The molecule has 0 unspecified atom stereocenters. The van der Waals surface area contributed by atoms with Gasteiger partial charge in [-0.15, -0.1) is 0 Å². The number of rotatable bonds is 9. The molecule has 0 spiro atoms. The van der Waals surface area contributed by atoms with Gasteiger partial charge in [0.1, 0.15) is 0 Å². The smallest absolute Gasteiger partial charge is 0.252 e. The molecular weight excluding hydrogens is 492 g/mol. The van der Waals surface area contributed by atoms with Gasteiger partial charge in [0.05, 0.1) is 18.8 Å². The number of amides is 2. The van der Waals surface area contributed by atoms with Crippen molar-refractivity contribution in [1.82, 2.24) is 15.5 Å². The van der Waals surface area contributed by atoms with E-state index in [4.69, 9.17) is 5.11 Å². The van der Waals surface area contributed by atoms with Crippen LogP contribution in [0, 0.1) is 6.92 Å². The number of aliphatic hydroxyl groups is 2. The average Bonchev–Trinajstić information content (AvgIpc) is 2.96. The standard InChI is InChI=1S/C31H38N4O4/c1-21-10-11-27(35-14-12-34(3)13-15-35)18-29(21)31(39)33-22(2)23-6-4-7-24(16-23)25-8-5-9-26(17-25)30(38)32-19-28(37)20-36/h4-11,16-18,22,28,36-37H,12-15,19-20H2,1-3H3,(H,32,38)(H,33,39)/t22-,28+/m1/s1. The third-order valence-electron chi connectivity index (χ3n) is 7.24. The molecule has 1 saturated heterocycles. The van der Waals surface area contributed by atoms with E-state index >= 15 is 0 Å². The van der Waals surface area contributed by atoms with Gasteiger partial charge in [-0.3, -0.25) is 9.59 Å². The molecule has 0 aromatic heterocycles. The molecule has 2 atom stereocenters. The molecule has 4 rings (SSSR count). The van der Waals surface area contributed by atoms with Crippen molar-refractivity contribution >= 4 is 17.5 Å². The quantitative estimate of drug-likeness (QED) is 0.339. The molecule has 0 radical (unpaired) electrons. The van der Waals surface area contributed by atoms with Crippen molar-refractivity contribution in [3.05, 3.63) is 89.0 Å². The van der Waals surface area contributed by atoms with Crippen LogP contribution in [-0.4, -0.2) is 79.4 Å². The molecule has 206 valence electrons. The number of nitrogens with one attached hydrogen (secondary N) is 2. The second-order valence-electron chi connectivity index (χ2n) is 10.2. The van der Waals surface area contributed by atoms with Crippen LogP contribution in [0.5, 0.6) is 0 Å². The third-order valence-corrected chi connectivity index (χ3v) is 7.24. The van der Waals surface area contributed by atoms with Crippen molar-refractivity contribution in [2.24, 2.45) is 0 Å². The third kappa shape index (κ3) is 7.23. The zero-order chi connectivity index (χ0) is 27.9. The van der Waals surface area contributed by atoms with E-state index in [0.29, 0.717) is 11.1 Å². The highest BCUT2D eigenvalue weighted by Crippen LogP contribution is 2.26. The van der Waals surface area contributed by atoms with Crippen LogP contribution < -0.4 is 15.5 Å². The van der Waals surface area contributed by atoms with Crippen molar-refractivity contribution in [2.45, 2.75) is 26.0 Å². The molecule has 1 aliphatic rings. The van der Waals surface area contributed by atoms with Crippen molar-refractivity contribution in [1.29, 1.82) is 0 Å². The number of aryl methyl sites for hydroxylation is 1. The summed E-state index contributed by atoms with van der Waals surface area (Å²) in [5.41, 5.74) is 5.89. The Morgan fingerprint density at radius 1 is 0.923 bits per heavy atom. The number of nitrogens with zero attached hydrogens (tertiary/aromatic N) is 2. The highest BCUT2D eigenvalue weighted by molar-refractivity contribution is 5.97. The van der Waals surface area contributed by atoms with Crippen LogP contribution in [0.1, 0.15) is 44.8 Å². The van der Waals surface area contributed by atoms with Gasteiger partial charge in [-0.2, -0.15) is 0 Å². The molecule has 8 nitrogen and oxygen atoms in total. The SMILES string of the molecule is Cc1ccc(N2CCN(C)CC2)cc1C(=O)N[C@H](C)c1cccc(-c2cccc(C(=O)NC[C@H](O)CO)c2)c1. The second-order valence-corrected chi connectivity index (χ2v) is 10.2. The van der Waals surface area contributed by atoms with Gasteiger partial charge in [-0.25, -0.2) is 0 Å². The fourth-order valence-electron chi connectivity index (χ4n) is 4.68. The van der Waals surface area contributed by atoms with Crippen molar-refractivity contribution in [2.75, 3.05) is 51.3 Å². The highest BCUT2D eigenvalue weighted by atomic mass is 16.3. The van der Waals surface area contributed by atoms with Gasteiger partial charge in [-0.05, 0) is 73.5 Å². The summed E-state index contributed by atoms with van der Waals surface area (Å²) in [6, 6.07) is 21.0. The summed E-state index contributed by atoms with van der Waals surface area (Å²) in [4.78, 5) is 30.5. The maximum absolute atomic E-state index is 13.3. The summed E-state index contributed by atoms with van der Waals surface area (Å²) >= 11 is 0. The minimum Gasteiger partial charge on any atom is -0.394 e. The van der Waals surface area contributed by atoms with Gasteiger partial charge in [0.25, 0.3) is 11.8 Å². The number of anilines is 1. The first kappa shape index (κ1) is 28.3. The highest BCUT2D eigenvalue weighted by Gasteiger charge is 2.19. The van der Waals surface area contributed by atoms with Crippen molar-refractivity contribution in [3.63, 3.8) is 0 Å². The molecule has 1 fully saturated rings. The van der Waals surface area contributed by atoms with E-state index in [9.17, 15) is 14.7 Å². The van der Waals surface area contributed by atoms with E-state index in [2.05, 4.69) is 33.5 Å². The van der Waals surface area contributed by atoms with Gasteiger partial charge in [0.2, 0.25) is 0 Å². The number of aliphatic hydroxyl groups excluding tert-OH is 2. The summed E-state index contributed by atoms with van der Waals surface area (Å²) in [7, 11) is 2.13. The normalized spacial score (nSPS) is 15.5. The van der Waals surface area contributed by atoms with Crippen molar-refractivity contribution in [3.8, 4) is 11.1 Å². The Labute approximate surface area is 230 Å². The van der Waals surface area contributed by atoms with Crippen LogP contribution in [0.3, 0.4) is 0 Å². The molecular formula is C31H38N4O4. The molecule has 8 heteroatoms. The van der Waals surface area contributed by atoms with Gasteiger partial charge in [-0.1, -0.05) is 36.4 Å². The molecule has 4 N–H and O–H groups in total. The zero-order valence-corrected chi connectivity index (χ0v) is 22.9. The summed E-state index contributed by atoms with van der Waals surface area (Å²) in [5, 5.41) is 24.2. The number of piperazine rings is 1. The van der Waals surface area contributed by atoms with Gasteiger partial charge in [0.15, 0.2) is 0 Å². The monoisotopic (exact) mass is 530 g/mol. The Morgan fingerprint density at radius 2 is 1.62 bits per heavy atom. The summed E-state index contributed by atoms with van der Waals surface area (Å²) in [6.07, 6.45) is -0.997. The molecule has 3 aromatic carbocycles. The lowest BCUT2D eigenvalue weighted by atomic mass is 9.98. The Bertz CT molecular complexity index is 1300. The predicted molar refractivity (Wildman–Crippen MR) is 154 cm³/mol. The number of hydrogen-bond donors (Lipinski definition) is 4. The fraction of sp³-hybridized carbons (Fsp3) is 0.355. The maximum atomic E-state index is 13.3. The van der Waals surface area contributed by atoms with E-state index < -0.39 is 12.7 Å². The number of hydrogen-bond acceptors (Lipinski definition) is 6. The van der Waals surface area contributed by atoms with Crippen LogP contribution in [-0.2, 0) is 0 Å². The number of carbonyl (C=O) groups is 2. The van der Waals surface area contributed by atoms with E-state index in [1.54, 1.807) is 18.2 Å². The van der Waals surface area contributed by atoms with E-state index in [1.807, 2.05) is 56.3 Å². The van der Waals surface area contributed by atoms with Crippen LogP contribution >= 0.6 is 0 Å². The number of carbonyl (C=O) groups excluding carboxylic acids is 2. The van der Waals surface area contributed by atoms with Crippen LogP contribution in [0.15, 0.2) is 66.7 Å². The summed E-state index contributed by atoms with van der Waals surface area (Å²) in [6.45, 7) is 7.38. The predicted octanol–water partition coefficient (Wildman–Crippen LogP) is 2.99. The molecule has 0 aliphatic carbocycles. The Hall–Kier alpha value is -3.72. The van der Waals surface area contributed by atoms with E-state index in [-0.39, 0.29) is 24.4 Å². The molecule has 1 heterocycles. The minimum absolute atomic E-state index is 0.0238. The molecule has 1 aliphatic heterocycles. The lowest BCUT2D eigenvalue weighted by Gasteiger charge is -2.34. The molecule has 39 heavy (non-hydrogen) atoms. The van der Waals surface area contributed by atoms with Gasteiger partial charge < -0.3 is 30.6 Å².